The Morgan fingerprint density at radius 3 is 2.43 bits per heavy atom. The third kappa shape index (κ3) is 2.73. The molecule has 1 amide bonds. The van der Waals surface area contributed by atoms with E-state index in [4.69, 9.17) is 9.47 Å². The Morgan fingerprint density at radius 1 is 1.04 bits per heavy atom. The van der Waals surface area contributed by atoms with Gasteiger partial charge >= 0.3 is 0 Å². The van der Waals surface area contributed by atoms with E-state index in [1.165, 1.54) is 0 Å². The van der Waals surface area contributed by atoms with Gasteiger partial charge in [0.2, 0.25) is 0 Å². The molecule has 0 atom stereocenters. The monoisotopic (exact) mass is 310 g/mol. The minimum Gasteiger partial charge on any atom is -0.497 e. The van der Waals surface area contributed by atoms with Crippen molar-refractivity contribution in [3.05, 3.63) is 54.2 Å². The van der Waals surface area contributed by atoms with Gasteiger partial charge in [0.15, 0.2) is 0 Å². The number of amides is 1. The summed E-state index contributed by atoms with van der Waals surface area (Å²) in [6.45, 7) is 0. The summed E-state index contributed by atoms with van der Waals surface area (Å²) in [6.07, 6.45) is 0. The van der Waals surface area contributed by atoms with E-state index in [1.807, 2.05) is 35.9 Å². The maximum Gasteiger partial charge on any atom is 0.272 e. The van der Waals surface area contributed by atoms with Crippen LogP contribution in [-0.2, 0) is 7.05 Å². The summed E-state index contributed by atoms with van der Waals surface area (Å²) in [5.41, 5.74) is 2.23. The summed E-state index contributed by atoms with van der Waals surface area (Å²) in [7, 11) is 5.10. The van der Waals surface area contributed by atoms with E-state index in [2.05, 4.69) is 5.32 Å². The van der Waals surface area contributed by atoms with Crippen LogP contribution in [0.4, 0.5) is 5.69 Å². The number of hydrogen-bond donors (Lipinski definition) is 1. The molecular weight excluding hydrogens is 292 g/mol. The molecule has 23 heavy (non-hydrogen) atoms. The highest BCUT2D eigenvalue weighted by Crippen LogP contribution is 2.28. The first-order valence-corrected chi connectivity index (χ1v) is 7.22. The van der Waals surface area contributed by atoms with Crippen LogP contribution in [0, 0.1) is 0 Å². The van der Waals surface area contributed by atoms with Crippen LogP contribution < -0.4 is 14.8 Å². The molecule has 1 aromatic heterocycles. The number of anilines is 1. The minimum absolute atomic E-state index is 0.170. The molecule has 3 aromatic rings. The van der Waals surface area contributed by atoms with E-state index in [-0.39, 0.29) is 5.91 Å². The van der Waals surface area contributed by atoms with Crippen molar-refractivity contribution in [1.82, 2.24) is 4.57 Å². The van der Waals surface area contributed by atoms with Crippen LogP contribution in [-0.4, -0.2) is 24.7 Å². The number of carbonyl (C=O) groups is 1. The van der Waals surface area contributed by atoms with E-state index in [0.717, 1.165) is 22.4 Å². The van der Waals surface area contributed by atoms with Crippen molar-refractivity contribution >= 4 is 22.5 Å². The van der Waals surface area contributed by atoms with Crippen molar-refractivity contribution in [1.29, 1.82) is 0 Å². The van der Waals surface area contributed by atoms with Crippen LogP contribution in [0.2, 0.25) is 0 Å². The van der Waals surface area contributed by atoms with E-state index in [9.17, 15) is 4.79 Å². The second kappa shape index (κ2) is 6.04. The van der Waals surface area contributed by atoms with E-state index in [1.54, 1.807) is 38.5 Å². The van der Waals surface area contributed by atoms with Crippen LogP contribution in [0.15, 0.2) is 48.5 Å². The molecule has 0 unspecified atom stereocenters. The highest BCUT2D eigenvalue weighted by atomic mass is 16.5. The zero-order chi connectivity index (χ0) is 16.4. The molecule has 0 saturated heterocycles. The predicted molar refractivity (Wildman–Crippen MR) is 90.4 cm³/mol. The number of rotatable bonds is 4. The van der Waals surface area contributed by atoms with Gasteiger partial charge in [-0.2, -0.15) is 0 Å². The first kappa shape index (κ1) is 15.0. The minimum atomic E-state index is -0.170. The Labute approximate surface area is 134 Å². The zero-order valence-electron chi connectivity index (χ0n) is 13.3. The van der Waals surface area contributed by atoms with Crippen molar-refractivity contribution in [2.75, 3.05) is 19.5 Å². The predicted octanol–water partition coefficient (Wildman–Crippen LogP) is 3.45. The normalized spacial score (nSPS) is 10.6. The first-order chi connectivity index (χ1) is 11.1. The summed E-state index contributed by atoms with van der Waals surface area (Å²) < 4.78 is 12.3. The van der Waals surface area contributed by atoms with Crippen molar-refractivity contribution in [3.8, 4) is 11.5 Å². The highest BCUT2D eigenvalue weighted by molar-refractivity contribution is 6.07. The second-order valence-electron chi connectivity index (χ2n) is 5.16. The van der Waals surface area contributed by atoms with Gasteiger partial charge in [0, 0.05) is 18.1 Å². The molecule has 0 fully saturated rings. The van der Waals surface area contributed by atoms with E-state index in [0.29, 0.717) is 11.4 Å². The molecule has 0 aliphatic carbocycles. The fourth-order valence-corrected chi connectivity index (χ4v) is 2.60. The number of carbonyl (C=O) groups excluding carboxylic acids is 1. The number of ether oxygens (including phenoxy) is 2. The third-order valence-electron chi connectivity index (χ3n) is 3.85. The maximum atomic E-state index is 12.6. The van der Waals surface area contributed by atoms with Gasteiger partial charge in [0.1, 0.15) is 17.2 Å². The van der Waals surface area contributed by atoms with E-state index >= 15 is 0 Å². The molecule has 0 aliphatic heterocycles. The van der Waals surface area contributed by atoms with Gasteiger partial charge in [-0.1, -0.05) is 6.07 Å². The number of nitrogens with zero attached hydrogens (tertiary/aromatic N) is 1. The van der Waals surface area contributed by atoms with Gasteiger partial charge in [-0.25, -0.2) is 0 Å². The summed E-state index contributed by atoms with van der Waals surface area (Å²) >= 11 is 0. The molecule has 0 bridgehead atoms. The average molecular weight is 310 g/mol. The van der Waals surface area contributed by atoms with Gasteiger partial charge in [-0.15, -0.1) is 0 Å². The molecule has 3 rings (SSSR count). The highest BCUT2D eigenvalue weighted by Gasteiger charge is 2.15. The number of hydrogen-bond acceptors (Lipinski definition) is 3. The molecular formula is C18H18N2O3. The standard InChI is InChI=1S/C18H18N2O3/c1-20-15-5-4-6-17(23-3)14(15)11-16(20)18(21)19-12-7-9-13(22-2)10-8-12/h4-11H,1-3H3,(H,19,21). The molecule has 2 aromatic carbocycles. The van der Waals surface area contributed by atoms with Gasteiger partial charge in [0.25, 0.3) is 5.91 Å². The van der Waals surface area contributed by atoms with Crippen molar-refractivity contribution in [2.45, 2.75) is 0 Å². The molecule has 118 valence electrons. The quantitative estimate of drug-likeness (QED) is 0.803. The second-order valence-corrected chi connectivity index (χ2v) is 5.16. The number of fused-ring (bicyclic) bond motifs is 1. The Kier molecular flexibility index (Phi) is 3.93. The largest absolute Gasteiger partial charge is 0.497 e. The molecule has 5 nitrogen and oxygen atoms in total. The number of nitrogens with one attached hydrogen (secondary N) is 1. The van der Waals surface area contributed by atoms with Gasteiger partial charge in [-0.05, 0) is 42.5 Å². The number of aromatic nitrogens is 1. The molecule has 0 radical (unpaired) electrons. The summed E-state index contributed by atoms with van der Waals surface area (Å²) in [6, 6.07) is 14.8. The van der Waals surface area contributed by atoms with Gasteiger partial charge in [-0.3, -0.25) is 4.79 Å². The lowest BCUT2D eigenvalue weighted by Crippen LogP contribution is -2.15. The Morgan fingerprint density at radius 2 is 1.78 bits per heavy atom. The number of methoxy groups -OCH3 is 2. The van der Waals surface area contributed by atoms with Gasteiger partial charge < -0.3 is 19.4 Å². The molecule has 5 heteroatoms. The zero-order valence-corrected chi connectivity index (χ0v) is 13.3. The number of aryl methyl sites for hydroxylation is 1. The van der Waals surface area contributed by atoms with Crippen molar-refractivity contribution < 1.29 is 14.3 Å². The van der Waals surface area contributed by atoms with Crippen LogP contribution in [0.3, 0.4) is 0 Å². The van der Waals surface area contributed by atoms with Crippen LogP contribution in [0.25, 0.3) is 10.9 Å². The van der Waals surface area contributed by atoms with Crippen LogP contribution in [0.1, 0.15) is 10.5 Å². The van der Waals surface area contributed by atoms with Crippen molar-refractivity contribution in [3.63, 3.8) is 0 Å². The molecule has 0 aliphatic rings. The van der Waals surface area contributed by atoms with E-state index < -0.39 is 0 Å². The summed E-state index contributed by atoms with van der Waals surface area (Å²) in [4.78, 5) is 12.6. The van der Waals surface area contributed by atoms with Crippen LogP contribution in [0.5, 0.6) is 11.5 Å². The first-order valence-electron chi connectivity index (χ1n) is 7.22. The topological polar surface area (TPSA) is 52.5 Å². The smallest absolute Gasteiger partial charge is 0.272 e. The molecule has 1 N–H and O–H groups in total. The fraction of sp³-hybridized carbons (Fsp3) is 0.167. The summed E-state index contributed by atoms with van der Waals surface area (Å²) in [5.74, 6) is 1.33. The van der Waals surface area contributed by atoms with Crippen molar-refractivity contribution in [2.24, 2.45) is 7.05 Å². The van der Waals surface area contributed by atoms with Gasteiger partial charge in [0.05, 0.1) is 19.7 Å². The average Bonchev–Trinajstić information content (AvgIpc) is 2.93. The lowest BCUT2D eigenvalue weighted by Gasteiger charge is -2.07. The van der Waals surface area contributed by atoms with Crippen LogP contribution >= 0.6 is 0 Å². The summed E-state index contributed by atoms with van der Waals surface area (Å²) in [5, 5.41) is 3.81. The fourth-order valence-electron chi connectivity index (χ4n) is 2.60. The molecule has 0 spiro atoms. The third-order valence-corrected chi connectivity index (χ3v) is 3.85. The molecule has 1 heterocycles. The lowest BCUT2D eigenvalue weighted by atomic mass is 10.2. The Balaban J connectivity index is 1.92. The Bertz CT molecular complexity index is 851. The Hall–Kier alpha value is -2.95. The number of benzene rings is 2. The SMILES string of the molecule is COc1ccc(NC(=O)c2cc3c(OC)cccc3n2C)cc1. The molecule has 0 saturated carbocycles. The maximum absolute atomic E-state index is 12.6. The lowest BCUT2D eigenvalue weighted by molar-refractivity contribution is 0.101.